The van der Waals surface area contributed by atoms with E-state index in [0.717, 1.165) is 62.0 Å². The molecule has 204 valence electrons. The Bertz CT molecular complexity index is 1270. The molecule has 0 bridgehead atoms. The number of hydrogen-bond donors (Lipinski definition) is 2. The molecule has 2 aromatic heterocycles. The highest BCUT2D eigenvalue weighted by molar-refractivity contribution is 5.89. The van der Waals surface area contributed by atoms with Gasteiger partial charge < -0.3 is 19.9 Å². The molecule has 6 rings (SSSR count). The number of anilines is 1. The number of pyridine rings is 1. The molecule has 1 aromatic carbocycles. The molecule has 0 amide bonds. The van der Waals surface area contributed by atoms with E-state index in [1.54, 1.807) is 0 Å². The lowest BCUT2D eigenvalue weighted by atomic mass is 9.77. The number of H-pyrrole nitrogens is 1. The SMILES string of the molecule is CN1CCN(c2cccc3[nH]c(CN4CCC[C@@H]5CCc6cccnc6[C@H]54)nc23)CC1.O=C(O)C(F)(F)F. The summed E-state index contributed by atoms with van der Waals surface area (Å²) >= 11 is 0. The van der Waals surface area contributed by atoms with Crippen molar-refractivity contribution in [2.75, 3.05) is 44.7 Å². The van der Waals surface area contributed by atoms with Crippen molar-refractivity contribution >= 4 is 22.7 Å². The third-order valence-electron chi connectivity index (χ3n) is 7.83. The number of aromatic nitrogens is 3. The smallest absolute Gasteiger partial charge is 0.475 e. The number of aliphatic carboxylic acids is 1. The third-order valence-corrected chi connectivity index (χ3v) is 7.83. The fourth-order valence-electron chi connectivity index (χ4n) is 5.93. The first-order valence-electron chi connectivity index (χ1n) is 13.1. The molecule has 1 aliphatic carbocycles. The third kappa shape index (κ3) is 5.63. The van der Waals surface area contributed by atoms with Crippen molar-refractivity contribution in [3.63, 3.8) is 0 Å². The number of halogens is 3. The van der Waals surface area contributed by atoms with Crippen molar-refractivity contribution in [3.05, 3.63) is 53.6 Å². The van der Waals surface area contributed by atoms with Gasteiger partial charge in [0.25, 0.3) is 0 Å². The molecule has 0 unspecified atom stereocenters. The van der Waals surface area contributed by atoms with E-state index in [-0.39, 0.29) is 0 Å². The number of aromatic amines is 1. The van der Waals surface area contributed by atoms with Crippen LogP contribution in [0.5, 0.6) is 0 Å². The lowest BCUT2D eigenvalue weighted by Crippen LogP contribution is -2.44. The molecule has 11 heteroatoms. The lowest BCUT2D eigenvalue weighted by Gasteiger charge is -2.44. The van der Waals surface area contributed by atoms with Gasteiger partial charge in [-0.15, -0.1) is 0 Å². The number of piperazine rings is 1. The highest BCUT2D eigenvalue weighted by Gasteiger charge is 2.39. The van der Waals surface area contributed by atoms with Crippen molar-refractivity contribution in [1.29, 1.82) is 0 Å². The highest BCUT2D eigenvalue weighted by Crippen LogP contribution is 2.43. The summed E-state index contributed by atoms with van der Waals surface area (Å²) in [5.41, 5.74) is 6.31. The summed E-state index contributed by atoms with van der Waals surface area (Å²) in [7, 11) is 2.20. The topological polar surface area (TPSA) is 88.6 Å². The Morgan fingerprint density at radius 1 is 1.11 bits per heavy atom. The summed E-state index contributed by atoms with van der Waals surface area (Å²) in [6, 6.07) is 11.4. The first-order chi connectivity index (χ1) is 18.2. The Morgan fingerprint density at radius 3 is 2.61 bits per heavy atom. The number of hydrogen-bond acceptors (Lipinski definition) is 6. The number of rotatable bonds is 3. The van der Waals surface area contributed by atoms with Gasteiger partial charge in [0.1, 0.15) is 11.3 Å². The van der Waals surface area contributed by atoms with Gasteiger partial charge >= 0.3 is 12.1 Å². The van der Waals surface area contributed by atoms with Crippen LogP contribution in [0.4, 0.5) is 18.9 Å². The van der Waals surface area contributed by atoms with Crippen LogP contribution in [0, 0.1) is 5.92 Å². The van der Waals surface area contributed by atoms with Crippen molar-refractivity contribution in [3.8, 4) is 0 Å². The molecule has 0 radical (unpaired) electrons. The van der Waals surface area contributed by atoms with E-state index in [0.29, 0.717) is 6.04 Å². The number of carbonyl (C=O) groups is 1. The maximum atomic E-state index is 10.6. The van der Waals surface area contributed by atoms with Gasteiger partial charge in [-0.25, -0.2) is 9.78 Å². The molecule has 8 nitrogen and oxygen atoms in total. The van der Waals surface area contributed by atoms with Gasteiger partial charge in [-0.05, 0) is 69.0 Å². The normalized spacial score (nSPS) is 22.4. The number of nitrogens with one attached hydrogen (secondary N) is 1. The second-order valence-corrected chi connectivity index (χ2v) is 10.4. The fraction of sp³-hybridized carbons (Fsp3) is 0.519. The Kier molecular flexibility index (Phi) is 7.58. The number of alkyl halides is 3. The van der Waals surface area contributed by atoms with Crippen molar-refractivity contribution < 1.29 is 23.1 Å². The van der Waals surface area contributed by atoms with Gasteiger partial charge in [-0.1, -0.05) is 12.1 Å². The maximum Gasteiger partial charge on any atom is 0.490 e. The molecule has 38 heavy (non-hydrogen) atoms. The Hall–Kier alpha value is -3.18. The quantitative estimate of drug-likeness (QED) is 0.524. The van der Waals surface area contributed by atoms with Crippen molar-refractivity contribution in [2.24, 2.45) is 5.92 Å². The summed E-state index contributed by atoms with van der Waals surface area (Å²) in [6.07, 6.45) is 1.95. The van der Waals surface area contributed by atoms with Crippen LogP contribution in [0.1, 0.15) is 42.4 Å². The van der Waals surface area contributed by atoms with Crippen molar-refractivity contribution in [2.45, 2.75) is 44.4 Å². The summed E-state index contributed by atoms with van der Waals surface area (Å²) in [5.74, 6) is -0.950. The van der Waals surface area contributed by atoms with Gasteiger partial charge in [0.2, 0.25) is 0 Å². The van der Waals surface area contributed by atoms with Crippen LogP contribution in [0.3, 0.4) is 0 Å². The van der Waals surface area contributed by atoms with Gasteiger partial charge in [0.15, 0.2) is 0 Å². The van der Waals surface area contributed by atoms with Crippen LogP contribution in [0.2, 0.25) is 0 Å². The minimum Gasteiger partial charge on any atom is -0.475 e. The van der Waals surface area contributed by atoms with Crippen LogP contribution in [0.15, 0.2) is 36.5 Å². The number of para-hydroxylation sites is 1. The standard InChI is InChI=1S/C25H32N6.C2HF3O2/c1-29-13-15-30(16-14-29)21-8-2-7-20-24(21)28-22(27-20)17-31-12-4-6-19-10-9-18-5-3-11-26-23(18)25(19)31;3-2(4,5)1(6)7/h2-3,5,7-8,11,19,25H,4,6,9-10,12-17H2,1H3,(H,27,28);(H,6,7)/t19-,25+;/m1./s1. The number of likely N-dealkylation sites (N-methyl/N-ethyl adjacent to an activating group) is 1. The molecule has 0 saturated carbocycles. The molecule has 2 N–H and O–H groups in total. The van der Waals surface area contributed by atoms with E-state index < -0.39 is 12.1 Å². The fourth-order valence-corrected chi connectivity index (χ4v) is 5.93. The van der Waals surface area contributed by atoms with Crippen LogP contribution in [-0.4, -0.2) is 81.8 Å². The zero-order valence-corrected chi connectivity index (χ0v) is 21.4. The number of carboxylic acid groups (broad SMARTS) is 1. The first kappa shape index (κ1) is 26.4. The number of piperidine rings is 1. The highest BCUT2D eigenvalue weighted by atomic mass is 19.4. The van der Waals surface area contributed by atoms with E-state index in [2.05, 4.69) is 57.1 Å². The number of carboxylic acids is 1. The number of nitrogens with zero attached hydrogens (tertiary/aromatic N) is 5. The number of benzene rings is 1. The number of aryl methyl sites for hydroxylation is 1. The summed E-state index contributed by atoms with van der Waals surface area (Å²) in [5, 5.41) is 7.12. The number of likely N-dealkylation sites (tertiary alicyclic amines) is 1. The minimum atomic E-state index is -5.08. The average Bonchev–Trinajstić information content (AvgIpc) is 3.31. The molecule has 3 aliphatic rings. The molecule has 2 fully saturated rings. The Labute approximate surface area is 219 Å². The Morgan fingerprint density at radius 2 is 1.87 bits per heavy atom. The van der Waals surface area contributed by atoms with E-state index in [1.807, 2.05) is 6.20 Å². The van der Waals surface area contributed by atoms with E-state index in [9.17, 15) is 13.2 Å². The predicted molar refractivity (Wildman–Crippen MR) is 138 cm³/mol. The van der Waals surface area contributed by atoms with E-state index >= 15 is 0 Å². The van der Waals surface area contributed by atoms with E-state index in [4.69, 9.17) is 19.9 Å². The summed E-state index contributed by atoms with van der Waals surface area (Å²) in [4.78, 5) is 30.0. The zero-order chi connectivity index (χ0) is 26.9. The second kappa shape index (κ2) is 10.9. The van der Waals surface area contributed by atoms with Crippen LogP contribution in [0.25, 0.3) is 11.0 Å². The molecule has 2 saturated heterocycles. The van der Waals surface area contributed by atoms with Gasteiger partial charge in [0, 0.05) is 32.4 Å². The average molecular weight is 531 g/mol. The van der Waals surface area contributed by atoms with Gasteiger partial charge in [-0.3, -0.25) is 9.88 Å². The molecule has 0 spiro atoms. The van der Waals surface area contributed by atoms with Crippen LogP contribution in [-0.2, 0) is 17.8 Å². The minimum absolute atomic E-state index is 0.434. The predicted octanol–water partition coefficient (Wildman–Crippen LogP) is 4.24. The zero-order valence-electron chi connectivity index (χ0n) is 21.4. The molecule has 4 heterocycles. The van der Waals surface area contributed by atoms with Crippen molar-refractivity contribution in [1.82, 2.24) is 24.8 Å². The Balaban J connectivity index is 0.000000374. The molecule has 3 aromatic rings. The monoisotopic (exact) mass is 530 g/mol. The molecular weight excluding hydrogens is 497 g/mol. The van der Waals surface area contributed by atoms with Gasteiger partial charge in [0.05, 0.1) is 29.5 Å². The molecule has 2 aliphatic heterocycles. The van der Waals surface area contributed by atoms with Crippen LogP contribution < -0.4 is 4.90 Å². The lowest BCUT2D eigenvalue weighted by molar-refractivity contribution is -0.192. The maximum absolute atomic E-state index is 10.6. The second-order valence-electron chi connectivity index (χ2n) is 10.4. The van der Waals surface area contributed by atoms with Crippen LogP contribution >= 0.6 is 0 Å². The molecular formula is C27H33F3N6O2. The number of imidazole rings is 1. The van der Waals surface area contributed by atoms with E-state index in [1.165, 1.54) is 42.6 Å². The first-order valence-corrected chi connectivity index (χ1v) is 13.1. The largest absolute Gasteiger partial charge is 0.490 e. The van der Waals surface area contributed by atoms with Gasteiger partial charge in [-0.2, -0.15) is 13.2 Å². The summed E-state index contributed by atoms with van der Waals surface area (Å²) in [6.45, 7) is 6.34. The number of fused-ring (bicyclic) bond motifs is 4. The molecule has 2 atom stereocenters. The summed E-state index contributed by atoms with van der Waals surface area (Å²) < 4.78 is 31.7.